The third-order valence-corrected chi connectivity index (χ3v) is 1.65. The average molecular weight is 289 g/mol. The van der Waals surface area contributed by atoms with Crippen molar-refractivity contribution < 1.29 is 37.1 Å². The summed E-state index contributed by atoms with van der Waals surface area (Å²) in [5.41, 5.74) is 0. The van der Waals surface area contributed by atoms with Gasteiger partial charge in [-0.15, -0.1) is 0 Å². The fourth-order valence-corrected chi connectivity index (χ4v) is 0.735. The lowest BCUT2D eigenvalue weighted by Crippen LogP contribution is -2.47. The largest absolute Gasteiger partial charge is 0.480 e. The topological polar surface area (TPSA) is 108 Å². The number of carboxylic acid groups (broad SMARTS) is 1. The fourth-order valence-electron chi connectivity index (χ4n) is 0.735. The molecule has 0 aliphatic carbocycles. The number of nitrogens with one attached hydrogen (secondary N) is 3. The number of urea groups is 1. The third kappa shape index (κ3) is 7.78. The number of carbonyl (C=O) groups excluding carboxylic acids is 2. The molecule has 0 unspecified atom stereocenters. The highest BCUT2D eigenvalue weighted by molar-refractivity contribution is 5.86. The van der Waals surface area contributed by atoms with Gasteiger partial charge < -0.3 is 21.1 Å². The summed E-state index contributed by atoms with van der Waals surface area (Å²) in [4.78, 5) is 31.8. The van der Waals surface area contributed by atoms with Gasteiger partial charge in [0.1, 0.15) is 6.54 Å². The van der Waals surface area contributed by atoms with Crippen LogP contribution in [0.1, 0.15) is 0 Å². The highest BCUT2D eigenvalue weighted by atomic mass is 19.3. The Hall–Kier alpha value is -2.07. The standard InChI is InChI=1S/C8H11F4N3O4/c9-6(10)8(11,12)3-15-7(19)14-1-4(16)13-2-5(17)18/h6H,1-3H2,(H,13,16)(H,17,18)(H2,14,15,19). The minimum atomic E-state index is -4.37. The molecule has 0 saturated heterocycles. The smallest absolute Gasteiger partial charge is 0.324 e. The van der Waals surface area contributed by atoms with E-state index in [9.17, 15) is 31.9 Å². The van der Waals surface area contributed by atoms with E-state index in [-0.39, 0.29) is 0 Å². The number of rotatable bonds is 7. The summed E-state index contributed by atoms with van der Waals surface area (Å²) >= 11 is 0. The van der Waals surface area contributed by atoms with Gasteiger partial charge in [-0.25, -0.2) is 13.6 Å². The molecule has 0 spiro atoms. The number of aliphatic carboxylic acids is 1. The van der Waals surface area contributed by atoms with E-state index in [1.165, 1.54) is 5.32 Å². The van der Waals surface area contributed by atoms with Gasteiger partial charge in [-0.2, -0.15) is 8.78 Å². The van der Waals surface area contributed by atoms with Crippen molar-refractivity contribution in [1.82, 2.24) is 16.0 Å². The van der Waals surface area contributed by atoms with E-state index < -0.39 is 49.9 Å². The summed E-state index contributed by atoms with van der Waals surface area (Å²) in [6.07, 6.45) is -3.92. The Morgan fingerprint density at radius 3 is 2.11 bits per heavy atom. The number of carboxylic acids is 1. The molecule has 0 heterocycles. The van der Waals surface area contributed by atoms with E-state index in [4.69, 9.17) is 5.11 Å². The number of alkyl halides is 4. The number of amides is 3. The molecule has 0 aliphatic rings. The van der Waals surface area contributed by atoms with Crippen LogP contribution < -0.4 is 16.0 Å². The summed E-state index contributed by atoms with van der Waals surface area (Å²) < 4.78 is 48.2. The van der Waals surface area contributed by atoms with Crippen LogP contribution in [-0.2, 0) is 9.59 Å². The predicted molar refractivity (Wildman–Crippen MR) is 53.0 cm³/mol. The van der Waals surface area contributed by atoms with Crippen molar-refractivity contribution in [1.29, 1.82) is 0 Å². The Morgan fingerprint density at radius 1 is 1.05 bits per heavy atom. The Labute approximate surface area is 104 Å². The average Bonchev–Trinajstić information content (AvgIpc) is 2.31. The van der Waals surface area contributed by atoms with Crippen LogP contribution in [0.5, 0.6) is 0 Å². The van der Waals surface area contributed by atoms with Gasteiger partial charge in [-0.05, 0) is 0 Å². The van der Waals surface area contributed by atoms with E-state index in [1.54, 1.807) is 5.32 Å². The van der Waals surface area contributed by atoms with Gasteiger partial charge in [0.05, 0.1) is 13.1 Å². The first kappa shape index (κ1) is 16.9. The van der Waals surface area contributed by atoms with Gasteiger partial charge >= 0.3 is 24.3 Å². The van der Waals surface area contributed by atoms with E-state index in [0.29, 0.717) is 0 Å². The van der Waals surface area contributed by atoms with E-state index in [1.807, 2.05) is 5.32 Å². The molecule has 4 N–H and O–H groups in total. The molecular formula is C8H11F4N3O4. The molecule has 19 heavy (non-hydrogen) atoms. The molecule has 7 nitrogen and oxygen atoms in total. The van der Waals surface area contributed by atoms with Crippen molar-refractivity contribution in [2.45, 2.75) is 12.3 Å². The predicted octanol–water partition coefficient (Wildman–Crippen LogP) is -0.613. The monoisotopic (exact) mass is 289 g/mol. The van der Waals surface area contributed by atoms with Crippen molar-refractivity contribution in [2.24, 2.45) is 0 Å². The maximum absolute atomic E-state index is 12.4. The van der Waals surface area contributed by atoms with Crippen LogP contribution in [0.2, 0.25) is 0 Å². The summed E-state index contributed by atoms with van der Waals surface area (Å²) in [5, 5.41) is 13.3. The molecule has 0 aromatic carbocycles. The molecule has 11 heteroatoms. The highest BCUT2D eigenvalue weighted by Gasteiger charge is 2.40. The molecule has 110 valence electrons. The van der Waals surface area contributed by atoms with Crippen molar-refractivity contribution in [2.75, 3.05) is 19.6 Å². The Balaban J connectivity index is 3.88. The third-order valence-electron chi connectivity index (χ3n) is 1.65. The minimum Gasteiger partial charge on any atom is -0.480 e. The van der Waals surface area contributed by atoms with Gasteiger partial charge in [0.2, 0.25) is 5.91 Å². The summed E-state index contributed by atoms with van der Waals surface area (Å²) in [6, 6.07) is -1.26. The SMILES string of the molecule is O=C(O)CNC(=O)CNC(=O)NCC(F)(F)C(F)F. The molecule has 0 radical (unpaired) electrons. The lowest BCUT2D eigenvalue weighted by molar-refractivity contribution is -0.137. The minimum absolute atomic E-state index is 0.675. The normalized spacial score (nSPS) is 11.0. The van der Waals surface area contributed by atoms with E-state index in [0.717, 1.165) is 0 Å². The molecule has 0 saturated carbocycles. The second-order valence-electron chi connectivity index (χ2n) is 3.27. The van der Waals surface area contributed by atoms with Gasteiger partial charge in [-0.1, -0.05) is 0 Å². The summed E-state index contributed by atoms with van der Waals surface area (Å²) in [5.74, 6) is -6.56. The second kappa shape index (κ2) is 7.38. The zero-order valence-corrected chi connectivity index (χ0v) is 9.38. The molecule has 3 amide bonds. The second-order valence-corrected chi connectivity index (χ2v) is 3.27. The van der Waals surface area contributed by atoms with Crippen molar-refractivity contribution in [3.8, 4) is 0 Å². The van der Waals surface area contributed by atoms with Gasteiger partial charge in [0.25, 0.3) is 0 Å². The molecule has 0 aromatic heterocycles. The zero-order chi connectivity index (χ0) is 15.1. The first-order valence-corrected chi connectivity index (χ1v) is 4.81. The van der Waals surface area contributed by atoms with Crippen LogP contribution in [0, 0.1) is 0 Å². The van der Waals surface area contributed by atoms with Crippen molar-refractivity contribution in [3.63, 3.8) is 0 Å². The maximum atomic E-state index is 12.4. The van der Waals surface area contributed by atoms with Crippen LogP contribution in [0.4, 0.5) is 22.4 Å². The molecule has 0 rings (SSSR count). The first-order valence-electron chi connectivity index (χ1n) is 4.81. The Bertz CT molecular complexity index is 351. The van der Waals surface area contributed by atoms with Gasteiger partial charge in [0.15, 0.2) is 0 Å². The number of carbonyl (C=O) groups is 3. The van der Waals surface area contributed by atoms with E-state index >= 15 is 0 Å². The molecule has 0 aromatic rings. The van der Waals surface area contributed by atoms with E-state index in [2.05, 4.69) is 0 Å². The first-order chi connectivity index (χ1) is 8.65. The highest BCUT2D eigenvalue weighted by Crippen LogP contribution is 2.21. The van der Waals surface area contributed by atoms with Crippen LogP contribution in [0.3, 0.4) is 0 Å². The van der Waals surface area contributed by atoms with Gasteiger partial charge in [0, 0.05) is 0 Å². The molecule has 0 fully saturated rings. The number of hydrogen-bond donors (Lipinski definition) is 4. The maximum Gasteiger partial charge on any atom is 0.324 e. The molecule has 0 bridgehead atoms. The lowest BCUT2D eigenvalue weighted by Gasteiger charge is -2.15. The van der Waals surface area contributed by atoms with Crippen LogP contribution in [0.25, 0.3) is 0 Å². The van der Waals surface area contributed by atoms with Crippen LogP contribution in [-0.4, -0.2) is 55.0 Å². The molecule has 0 aliphatic heterocycles. The van der Waals surface area contributed by atoms with Crippen LogP contribution in [0.15, 0.2) is 0 Å². The quantitative estimate of drug-likeness (QED) is 0.469. The molecule has 0 atom stereocenters. The Morgan fingerprint density at radius 2 is 1.63 bits per heavy atom. The number of hydrogen-bond acceptors (Lipinski definition) is 3. The summed E-state index contributed by atoms with van der Waals surface area (Å²) in [6.45, 7) is -2.95. The zero-order valence-electron chi connectivity index (χ0n) is 9.38. The van der Waals surface area contributed by atoms with Crippen molar-refractivity contribution in [3.05, 3.63) is 0 Å². The fraction of sp³-hybridized carbons (Fsp3) is 0.625. The Kier molecular flexibility index (Phi) is 6.58. The lowest BCUT2D eigenvalue weighted by atomic mass is 10.3. The molecular weight excluding hydrogens is 278 g/mol. The van der Waals surface area contributed by atoms with Crippen molar-refractivity contribution >= 4 is 17.9 Å². The number of halogens is 4. The van der Waals surface area contributed by atoms with Crippen LogP contribution >= 0.6 is 0 Å². The van der Waals surface area contributed by atoms with Gasteiger partial charge in [-0.3, -0.25) is 9.59 Å². The summed E-state index contributed by atoms with van der Waals surface area (Å²) in [7, 11) is 0.